The van der Waals surface area contributed by atoms with Crippen molar-refractivity contribution in [3.63, 3.8) is 0 Å². The highest BCUT2D eigenvalue weighted by molar-refractivity contribution is 7.80. The number of amides is 1. The summed E-state index contributed by atoms with van der Waals surface area (Å²) in [6.07, 6.45) is -0.655. The predicted octanol–water partition coefficient (Wildman–Crippen LogP) is 0.920. The number of cyclic esters (lactones) is 1. The van der Waals surface area contributed by atoms with Crippen molar-refractivity contribution in [2.75, 3.05) is 6.61 Å². The number of hydrogen-bond donors (Lipinski definition) is 1. The van der Waals surface area contributed by atoms with Crippen LogP contribution in [0.5, 0.6) is 0 Å². The monoisotopic (exact) mass is 160 g/mol. The van der Waals surface area contributed by atoms with Gasteiger partial charge in [0, 0.05) is 0 Å². The molecule has 0 radical (unpaired) electrons. The van der Waals surface area contributed by atoms with Crippen LogP contribution >= 0.6 is 12.6 Å². The van der Waals surface area contributed by atoms with Gasteiger partial charge < -0.3 is 4.74 Å². The van der Waals surface area contributed by atoms with Crippen LogP contribution in [-0.2, 0) is 4.74 Å². The summed E-state index contributed by atoms with van der Waals surface area (Å²) in [5, 5.41) is 3.43. The van der Waals surface area contributed by atoms with Crippen molar-refractivity contribution in [2.24, 2.45) is 5.22 Å². The van der Waals surface area contributed by atoms with Gasteiger partial charge in [-0.1, -0.05) is 0 Å². The molecule has 0 bridgehead atoms. The van der Waals surface area contributed by atoms with E-state index in [0.717, 1.165) is 5.01 Å². The molecule has 1 atom stereocenters. The Hall–Kier alpha value is -1.07. The fraction of sp³-hybridized carbons (Fsp3) is 0.667. The normalized spacial score (nSPS) is 23.9. The molecule has 0 aliphatic carbocycles. The van der Waals surface area contributed by atoms with Crippen LogP contribution in [0.1, 0.15) is 0 Å². The number of nitrogens with zero attached hydrogens (tertiary/aromatic N) is 4. The lowest BCUT2D eigenvalue weighted by Crippen LogP contribution is -2.22. The lowest BCUT2D eigenvalue weighted by molar-refractivity contribution is 0.159. The Bertz CT molecular complexity index is 201. The van der Waals surface area contributed by atoms with Gasteiger partial charge in [-0.2, -0.15) is 9.71 Å². The Kier molecular flexibility index (Phi) is 1.88. The Morgan fingerprint density at radius 2 is 2.70 bits per heavy atom. The fourth-order valence-corrected chi connectivity index (χ4v) is 0.758. The van der Waals surface area contributed by atoms with Gasteiger partial charge in [-0.05, 0) is 5.22 Å². The van der Waals surface area contributed by atoms with E-state index in [1.807, 2.05) is 0 Å². The molecule has 1 unspecified atom stereocenters. The first kappa shape index (κ1) is 7.04. The highest BCUT2D eigenvalue weighted by Gasteiger charge is 2.34. The first-order valence-electron chi connectivity index (χ1n) is 2.45. The van der Waals surface area contributed by atoms with Gasteiger partial charge in [0.25, 0.3) is 0 Å². The molecule has 1 heterocycles. The van der Waals surface area contributed by atoms with Crippen LogP contribution in [0.2, 0.25) is 0 Å². The van der Waals surface area contributed by atoms with E-state index in [2.05, 4.69) is 27.5 Å². The average molecular weight is 160 g/mol. The third kappa shape index (κ3) is 1.09. The van der Waals surface area contributed by atoms with Crippen LogP contribution in [0.4, 0.5) is 4.79 Å². The summed E-state index contributed by atoms with van der Waals surface area (Å²) in [5.41, 5.74) is 7.94. The van der Waals surface area contributed by atoms with Crippen molar-refractivity contribution < 1.29 is 9.53 Å². The molecule has 54 valence electrons. The number of carbonyl (C=O) groups excluding carboxylic acids is 1. The van der Waals surface area contributed by atoms with Crippen molar-refractivity contribution in [3.05, 3.63) is 10.4 Å². The second-order valence-corrected chi connectivity index (χ2v) is 2.18. The second kappa shape index (κ2) is 2.68. The number of ether oxygens (including phenoxy) is 1. The summed E-state index contributed by atoms with van der Waals surface area (Å²) in [6, 6.07) is 0. The van der Waals surface area contributed by atoms with Gasteiger partial charge in [0.05, 0.1) is 0 Å². The number of azide groups is 1. The molecule has 1 fully saturated rings. The zero-order chi connectivity index (χ0) is 7.56. The van der Waals surface area contributed by atoms with Crippen LogP contribution < -0.4 is 0 Å². The third-order valence-electron chi connectivity index (χ3n) is 0.962. The molecular weight excluding hydrogens is 156 g/mol. The van der Waals surface area contributed by atoms with Gasteiger partial charge in [-0.15, -0.1) is 23.2 Å². The Balaban J connectivity index is 2.71. The number of hydrogen-bond acceptors (Lipinski definition) is 4. The summed E-state index contributed by atoms with van der Waals surface area (Å²) >= 11 is 3.90. The molecule has 10 heavy (non-hydrogen) atoms. The van der Waals surface area contributed by atoms with E-state index >= 15 is 0 Å². The molecule has 1 saturated heterocycles. The minimum absolute atomic E-state index is 0.154. The minimum Gasteiger partial charge on any atom is -0.425 e. The number of thiol groups is 1. The van der Waals surface area contributed by atoms with Crippen LogP contribution in [0, 0.1) is 0 Å². The zero-order valence-corrected chi connectivity index (χ0v) is 5.73. The predicted molar refractivity (Wildman–Crippen MR) is 35.1 cm³/mol. The molecule has 0 spiro atoms. The summed E-state index contributed by atoms with van der Waals surface area (Å²) in [4.78, 5) is 13.0. The molecule has 1 rings (SSSR count). The van der Waals surface area contributed by atoms with Crippen molar-refractivity contribution in [3.8, 4) is 0 Å². The number of rotatable bonds is 1. The van der Waals surface area contributed by atoms with E-state index in [-0.39, 0.29) is 6.61 Å². The first-order chi connectivity index (χ1) is 4.75. The maximum absolute atomic E-state index is 10.6. The van der Waals surface area contributed by atoms with Gasteiger partial charge >= 0.3 is 6.09 Å². The molecule has 0 N–H and O–H groups in total. The highest BCUT2D eigenvalue weighted by atomic mass is 32.1. The standard InChI is InChI=1S/C3H4N4O2S/c4-5-6-7-2(10)1-9-3(7)8/h2,10H,1H2. The quantitative estimate of drug-likeness (QED) is 0.268. The van der Waals surface area contributed by atoms with E-state index in [4.69, 9.17) is 5.53 Å². The van der Waals surface area contributed by atoms with Crippen molar-refractivity contribution in [1.29, 1.82) is 0 Å². The van der Waals surface area contributed by atoms with Gasteiger partial charge in [0.1, 0.15) is 6.61 Å². The largest absolute Gasteiger partial charge is 0.511 e. The zero-order valence-electron chi connectivity index (χ0n) is 4.84. The molecule has 1 aliphatic rings. The molecule has 0 aromatic carbocycles. The smallest absolute Gasteiger partial charge is 0.425 e. The molecule has 1 aliphatic heterocycles. The van der Waals surface area contributed by atoms with E-state index in [1.54, 1.807) is 0 Å². The maximum atomic E-state index is 10.6. The first-order valence-corrected chi connectivity index (χ1v) is 2.96. The molecule has 0 saturated carbocycles. The molecule has 1 amide bonds. The Morgan fingerprint density at radius 1 is 2.00 bits per heavy atom. The minimum atomic E-state index is -0.655. The maximum Gasteiger partial charge on any atom is 0.511 e. The second-order valence-electron chi connectivity index (χ2n) is 1.58. The van der Waals surface area contributed by atoms with Crippen molar-refractivity contribution >= 4 is 18.7 Å². The summed E-state index contributed by atoms with van der Waals surface area (Å²) in [6.45, 7) is 0.154. The fourth-order valence-electron chi connectivity index (χ4n) is 0.543. The Labute approximate surface area is 61.8 Å². The third-order valence-corrected chi connectivity index (χ3v) is 1.33. The summed E-state index contributed by atoms with van der Waals surface area (Å²) < 4.78 is 4.48. The van der Waals surface area contributed by atoms with Gasteiger partial charge in [0.2, 0.25) is 0 Å². The average Bonchev–Trinajstić information content (AvgIpc) is 2.20. The molecule has 6 nitrogen and oxygen atoms in total. The van der Waals surface area contributed by atoms with Gasteiger partial charge in [-0.25, -0.2) is 0 Å². The van der Waals surface area contributed by atoms with Crippen molar-refractivity contribution in [2.45, 2.75) is 5.37 Å². The van der Waals surface area contributed by atoms with Gasteiger partial charge in [0.15, 0.2) is 5.37 Å². The van der Waals surface area contributed by atoms with E-state index < -0.39 is 11.5 Å². The summed E-state index contributed by atoms with van der Waals surface area (Å²) in [5.74, 6) is 0. The van der Waals surface area contributed by atoms with Crippen molar-refractivity contribution in [1.82, 2.24) is 5.01 Å². The lowest BCUT2D eigenvalue weighted by Gasteiger charge is -2.01. The van der Waals surface area contributed by atoms with E-state index in [1.165, 1.54) is 0 Å². The van der Waals surface area contributed by atoms with E-state index in [0.29, 0.717) is 0 Å². The highest BCUT2D eigenvalue weighted by Crippen LogP contribution is 2.14. The Morgan fingerprint density at radius 3 is 3.10 bits per heavy atom. The topological polar surface area (TPSA) is 78.3 Å². The van der Waals surface area contributed by atoms with Crippen LogP contribution in [0.15, 0.2) is 5.22 Å². The molecular formula is C3H4N4O2S. The van der Waals surface area contributed by atoms with Gasteiger partial charge in [-0.3, -0.25) is 0 Å². The summed E-state index contributed by atoms with van der Waals surface area (Å²) in [7, 11) is 0. The lowest BCUT2D eigenvalue weighted by atomic mass is 10.7. The van der Waals surface area contributed by atoms with E-state index in [9.17, 15) is 4.79 Å². The number of carbonyl (C=O) groups is 1. The SMILES string of the molecule is [N-]=[N+]=NN1C(=O)OCC1S. The molecule has 0 aromatic rings. The molecule has 0 aromatic heterocycles. The van der Waals surface area contributed by atoms with Crippen LogP contribution in [0.3, 0.4) is 0 Å². The molecule has 7 heteroatoms. The van der Waals surface area contributed by atoms with Crippen LogP contribution in [0.25, 0.3) is 10.4 Å². The van der Waals surface area contributed by atoms with Crippen LogP contribution in [-0.4, -0.2) is 23.1 Å².